The van der Waals surface area contributed by atoms with Gasteiger partial charge in [-0.05, 0) is 11.5 Å². The lowest BCUT2D eigenvalue weighted by atomic mass is 9.95. The third kappa shape index (κ3) is 3.66. The molecule has 3 heteroatoms. The summed E-state index contributed by atoms with van der Waals surface area (Å²) in [5, 5.41) is 2.91. The van der Waals surface area contributed by atoms with Crippen molar-refractivity contribution in [1.82, 2.24) is 5.32 Å². The van der Waals surface area contributed by atoms with Crippen LogP contribution in [0.3, 0.4) is 0 Å². The van der Waals surface area contributed by atoms with E-state index in [0.717, 1.165) is 5.56 Å². The molecule has 0 aliphatic rings. The van der Waals surface area contributed by atoms with Crippen LogP contribution in [0.5, 0.6) is 0 Å². The Bertz CT molecular complexity index is 322. The highest BCUT2D eigenvalue weighted by molar-refractivity contribution is 5.79. The van der Waals surface area contributed by atoms with E-state index < -0.39 is 0 Å². The Kier molecular flexibility index (Phi) is 4.99. The summed E-state index contributed by atoms with van der Waals surface area (Å²) in [5.74, 6) is 0.228. The molecule has 1 unspecified atom stereocenters. The molecule has 0 saturated carbocycles. The summed E-state index contributed by atoms with van der Waals surface area (Å²) in [7, 11) is 0. The van der Waals surface area contributed by atoms with Gasteiger partial charge in [-0.2, -0.15) is 0 Å². The topological polar surface area (TPSA) is 55.1 Å². The average molecular weight is 220 g/mol. The molecule has 0 aromatic heterocycles. The number of amides is 1. The molecule has 3 nitrogen and oxygen atoms in total. The molecule has 88 valence electrons. The second kappa shape index (κ2) is 6.28. The van der Waals surface area contributed by atoms with Crippen molar-refractivity contribution in [2.24, 2.45) is 17.6 Å². The van der Waals surface area contributed by atoms with E-state index in [1.54, 1.807) is 0 Å². The summed E-state index contributed by atoms with van der Waals surface area (Å²) in [6, 6.07) is 9.87. The molecular weight excluding hydrogens is 200 g/mol. The Morgan fingerprint density at radius 2 is 1.94 bits per heavy atom. The van der Waals surface area contributed by atoms with Crippen LogP contribution in [0, 0.1) is 11.8 Å². The molecule has 0 heterocycles. The van der Waals surface area contributed by atoms with E-state index in [-0.39, 0.29) is 17.7 Å². The largest absolute Gasteiger partial charge is 0.352 e. The third-order valence-corrected chi connectivity index (χ3v) is 2.71. The summed E-state index contributed by atoms with van der Waals surface area (Å²) >= 11 is 0. The molecule has 0 radical (unpaired) electrons. The molecule has 0 saturated heterocycles. The first kappa shape index (κ1) is 12.7. The Balaban J connectivity index is 2.46. The minimum atomic E-state index is -0.0938. The van der Waals surface area contributed by atoms with Gasteiger partial charge in [0.15, 0.2) is 0 Å². The number of nitrogens with one attached hydrogen (secondary N) is 1. The highest BCUT2D eigenvalue weighted by Gasteiger charge is 2.19. The zero-order chi connectivity index (χ0) is 12.0. The lowest BCUT2D eigenvalue weighted by Gasteiger charge is -2.18. The van der Waals surface area contributed by atoms with Crippen LogP contribution in [0.4, 0.5) is 0 Å². The SMILES string of the molecule is CC(C)C(CN)C(=O)NCc1ccccc1. The predicted octanol–water partition coefficient (Wildman–Crippen LogP) is 1.53. The van der Waals surface area contributed by atoms with Gasteiger partial charge in [-0.15, -0.1) is 0 Å². The van der Waals surface area contributed by atoms with Crippen LogP contribution in [-0.2, 0) is 11.3 Å². The number of hydrogen-bond acceptors (Lipinski definition) is 2. The molecule has 0 bridgehead atoms. The van der Waals surface area contributed by atoms with Crippen LogP contribution < -0.4 is 11.1 Å². The summed E-state index contributed by atoms with van der Waals surface area (Å²) in [6.45, 7) is 5.00. The highest BCUT2D eigenvalue weighted by atomic mass is 16.1. The lowest BCUT2D eigenvalue weighted by molar-refractivity contribution is -0.126. The maximum absolute atomic E-state index is 11.8. The van der Waals surface area contributed by atoms with E-state index in [9.17, 15) is 4.79 Å². The van der Waals surface area contributed by atoms with Crippen LogP contribution >= 0.6 is 0 Å². The monoisotopic (exact) mass is 220 g/mol. The maximum Gasteiger partial charge on any atom is 0.224 e. The third-order valence-electron chi connectivity index (χ3n) is 2.71. The molecule has 1 aromatic carbocycles. The quantitative estimate of drug-likeness (QED) is 0.790. The zero-order valence-corrected chi connectivity index (χ0v) is 9.94. The minimum Gasteiger partial charge on any atom is -0.352 e. The smallest absolute Gasteiger partial charge is 0.224 e. The van der Waals surface area contributed by atoms with Gasteiger partial charge in [-0.1, -0.05) is 44.2 Å². The molecule has 0 aliphatic heterocycles. The standard InChI is InChI=1S/C13H20N2O/c1-10(2)12(8-14)13(16)15-9-11-6-4-3-5-7-11/h3-7,10,12H,8-9,14H2,1-2H3,(H,15,16). The summed E-state index contributed by atoms with van der Waals surface area (Å²) in [6.07, 6.45) is 0. The van der Waals surface area contributed by atoms with Crippen molar-refractivity contribution < 1.29 is 4.79 Å². The van der Waals surface area contributed by atoms with Crippen molar-refractivity contribution in [2.45, 2.75) is 20.4 Å². The van der Waals surface area contributed by atoms with Crippen LogP contribution in [0.1, 0.15) is 19.4 Å². The van der Waals surface area contributed by atoms with Crippen molar-refractivity contribution in [1.29, 1.82) is 0 Å². The highest BCUT2D eigenvalue weighted by Crippen LogP contribution is 2.09. The summed E-state index contributed by atoms with van der Waals surface area (Å²) < 4.78 is 0. The first-order chi connectivity index (χ1) is 7.65. The fraction of sp³-hybridized carbons (Fsp3) is 0.462. The van der Waals surface area contributed by atoms with Crippen molar-refractivity contribution in [3.63, 3.8) is 0 Å². The Morgan fingerprint density at radius 3 is 2.44 bits per heavy atom. The molecule has 0 fully saturated rings. The molecular formula is C13H20N2O. The van der Waals surface area contributed by atoms with Gasteiger partial charge in [0, 0.05) is 13.1 Å². The molecule has 16 heavy (non-hydrogen) atoms. The van der Waals surface area contributed by atoms with E-state index in [0.29, 0.717) is 13.1 Å². The van der Waals surface area contributed by atoms with Crippen LogP contribution in [0.25, 0.3) is 0 Å². The van der Waals surface area contributed by atoms with E-state index in [4.69, 9.17) is 5.73 Å². The first-order valence-electron chi connectivity index (χ1n) is 5.67. The van der Waals surface area contributed by atoms with Crippen molar-refractivity contribution >= 4 is 5.91 Å². The molecule has 3 N–H and O–H groups in total. The van der Waals surface area contributed by atoms with Crippen LogP contribution in [-0.4, -0.2) is 12.5 Å². The second-order valence-corrected chi connectivity index (χ2v) is 4.29. The number of hydrogen-bond donors (Lipinski definition) is 2. The Hall–Kier alpha value is -1.35. The maximum atomic E-state index is 11.8. The van der Waals surface area contributed by atoms with Gasteiger partial charge in [0.05, 0.1) is 5.92 Å². The van der Waals surface area contributed by atoms with Gasteiger partial charge in [0.2, 0.25) is 5.91 Å². The van der Waals surface area contributed by atoms with Crippen LogP contribution in [0.2, 0.25) is 0 Å². The molecule has 0 aliphatic carbocycles. The fourth-order valence-electron chi connectivity index (χ4n) is 1.60. The Labute approximate surface area is 97.0 Å². The fourth-order valence-corrected chi connectivity index (χ4v) is 1.60. The van der Waals surface area contributed by atoms with Gasteiger partial charge in [0.25, 0.3) is 0 Å². The Morgan fingerprint density at radius 1 is 1.31 bits per heavy atom. The number of nitrogens with two attached hydrogens (primary N) is 1. The van der Waals surface area contributed by atoms with Gasteiger partial charge >= 0.3 is 0 Å². The molecule has 1 rings (SSSR count). The van der Waals surface area contributed by atoms with Gasteiger partial charge in [-0.25, -0.2) is 0 Å². The molecule has 1 amide bonds. The van der Waals surface area contributed by atoms with Gasteiger partial charge < -0.3 is 11.1 Å². The first-order valence-corrected chi connectivity index (χ1v) is 5.67. The van der Waals surface area contributed by atoms with E-state index in [1.165, 1.54) is 0 Å². The summed E-state index contributed by atoms with van der Waals surface area (Å²) in [4.78, 5) is 11.8. The van der Waals surface area contributed by atoms with Gasteiger partial charge in [-0.3, -0.25) is 4.79 Å². The molecule has 0 spiro atoms. The van der Waals surface area contributed by atoms with E-state index >= 15 is 0 Å². The van der Waals surface area contributed by atoms with E-state index in [2.05, 4.69) is 5.32 Å². The molecule has 1 aromatic rings. The lowest BCUT2D eigenvalue weighted by Crippen LogP contribution is -2.37. The average Bonchev–Trinajstić information content (AvgIpc) is 2.28. The number of carbonyl (C=O) groups is 1. The van der Waals surface area contributed by atoms with Crippen molar-refractivity contribution in [3.8, 4) is 0 Å². The second-order valence-electron chi connectivity index (χ2n) is 4.29. The van der Waals surface area contributed by atoms with Gasteiger partial charge in [0.1, 0.15) is 0 Å². The van der Waals surface area contributed by atoms with E-state index in [1.807, 2.05) is 44.2 Å². The predicted molar refractivity (Wildman–Crippen MR) is 65.7 cm³/mol. The number of rotatable bonds is 5. The molecule has 1 atom stereocenters. The van der Waals surface area contributed by atoms with Crippen molar-refractivity contribution in [2.75, 3.05) is 6.54 Å². The minimum absolute atomic E-state index is 0.0429. The normalized spacial score (nSPS) is 12.5. The van der Waals surface area contributed by atoms with Crippen molar-refractivity contribution in [3.05, 3.63) is 35.9 Å². The summed E-state index contributed by atoms with van der Waals surface area (Å²) in [5.41, 5.74) is 6.69. The number of benzene rings is 1. The van der Waals surface area contributed by atoms with Crippen LogP contribution in [0.15, 0.2) is 30.3 Å². The zero-order valence-electron chi connectivity index (χ0n) is 9.94. The number of carbonyl (C=O) groups excluding carboxylic acids is 1.